The number of hydrogen-bond donors (Lipinski definition) is 1. The number of amides is 1. The minimum absolute atomic E-state index is 0.117. The second kappa shape index (κ2) is 10.9. The number of ether oxygens (including phenoxy) is 1. The molecule has 0 radical (unpaired) electrons. The number of nitrogens with one attached hydrogen (secondary N) is 1. The quantitative estimate of drug-likeness (QED) is 0.521. The van der Waals surface area contributed by atoms with Crippen molar-refractivity contribution in [2.24, 2.45) is 0 Å². The summed E-state index contributed by atoms with van der Waals surface area (Å²) in [5.74, 6) is 0.582. The first-order chi connectivity index (χ1) is 14.1. The fourth-order valence-electron chi connectivity index (χ4n) is 2.78. The van der Waals surface area contributed by atoms with Crippen LogP contribution < -0.4 is 14.4 Å². The van der Waals surface area contributed by atoms with E-state index in [9.17, 15) is 13.2 Å². The van der Waals surface area contributed by atoms with Crippen molar-refractivity contribution in [2.45, 2.75) is 26.7 Å². The molecule has 0 fully saturated rings. The highest BCUT2D eigenvalue weighted by Gasteiger charge is 2.20. The maximum absolute atomic E-state index is 12.2. The van der Waals surface area contributed by atoms with Crippen molar-refractivity contribution in [3.05, 3.63) is 57.6 Å². The third-order valence-electron chi connectivity index (χ3n) is 4.51. The van der Waals surface area contributed by atoms with Crippen LogP contribution in [0.4, 0.5) is 5.69 Å². The van der Waals surface area contributed by atoms with E-state index in [4.69, 9.17) is 27.9 Å². The van der Waals surface area contributed by atoms with Gasteiger partial charge in [-0.1, -0.05) is 29.3 Å². The van der Waals surface area contributed by atoms with Crippen molar-refractivity contribution in [3.63, 3.8) is 0 Å². The van der Waals surface area contributed by atoms with Crippen molar-refractivity contribution in [1.29, 1.82) is 0 Å². The van der Waals surface area contributed by atoms with E-state index >= 15 is 0 Å². The molecule has 0 atom stereocenters. The van der Waals surface area contributed by atoms with Crippen molar-refractivity contribution in [2.75, 3.05) is 30.3 Å². The average molecular weight is 473 g/mol. The average Bonchev–Trinajstić information content (AvgIpc) is 2.66. The lowest BCUT2D eigenvalue weighted by Crippen LogP contribution is -2.33. The molecule has 0 aliphatic carbocycles. The predicted molar refractivity (Wildman–Crippen MR) is 122 cm³/mol. The van der Waals surface area contributed by atoms with Crippen LogP contribution in [0.2, 0.25) is 10.0 Å². The molecule has 0 saturated heterocycles. The molecule has 0 aliphatic heterocycles. The highest BCUT2D eigenvalue weighted by atomic mass is 35.5. The summed E-state index contributed by atoms with van der Waals surface area (Å²) in [4.78, 5) is 12.1. The van der Waals surface area contributed by atoms with E-state index in [1.807, 2.05) is 32.0 Å². The van der Waals surface area contributed by atoms with Crippen LogP contribution in [0.5, 0.6) is 5.75 Å². The van der Waals surface area contributed by atoms with E-state index in [2.05, 4.69) is 5.32 Å². The maximum atomic E-state index is 12.2. The van der Waals surface area contributed by atoms with Gasteiger partial charge in [-0.15, -0.1) is 0 Å². The molecule has 0 heterocycles. The van der Waals surface area contributed by atoms with Gasteiger partial charge in [0, 0.05) is 18.0 Å². The summed E-state index contributed by atoms with van der Waals surface area (Å²) in [5, 5.41) is 3.43. The van der Waals surface area contributed by atoms with Crippen LogP contribution in [-0.2, 0) is 14.8 Å². The molecule has 0 spiro atoms. The molecule has 0 unspecified atom stereocenters. The summed E-state index contributed by atoms with van der Waals surface area (Å²) in [5.41, 5.74) is 2.64. The van der Waals surface area contributed by atoms with Gasteiger partial charge in [0.1, 0.15) is 12.4 Å². The lowest BCUT2D eigenvalue weighted by Gasteiger charge is -2.23. The molecule has 2 aromatic rings. The van der Waals surface area contributed by atoms with Gasteiger partial charge in [-0.25, -0.2) is 8.42 Å². The minimum atomic E-state index is -3.57. The summed E-state index contributed by atoms with van der Waals surface area (Å²) in [7, 11) is -3.57. The normalized spacial score (nSPS) is 11.2. The zero-order chi connectivity index (χ0) is 22.3. The molecular formula is C21H26Cl2N2O4S. The van der Waals surface area contributed by atoms with Crippen LogP contribution in [0, 0.1) is 13.8 Å². The summed E-state index contributed by atoms with van der Waals surface area (Å²) >= 11 is 12.1. The first-order valence-corrected chi connectivity index (χ1v) is 12.1. The van der Waals surface area contributed by atoms with Crippen molar-refractivity contribution in [1.82, 2.24) is 5.32 Å². The van der Waals surface area contributed by atoms with Gasteiger partial charge in [-0.05, 0) is 61.7 Å². The maximum Gasteiger partial charge on any atom is 0.232 e. The first-order valence-electron chi connectivity index (χ1n) is 9.47. The highest BCUT2D eigenvalue weighted by molar-refractivity contribution is 7.92. The molecular weight excluding hydrogens is 447 g/mol. The van der Waals surface area contributed by atoms with Crippen molar-refractivity contribution >= 4 is 44.8 Å². The van der Waals surface area contributed by atoms with E-state index in [1.54, 1.807) is 12.1 Å². The number of carbonyl (C=O) groups is 1. The van der Waals surface area contributed by atoms with Crippen LogP contribution in [0.15, 0.2) is 36.4 Å². The first kappa shape index (κ1) is 24.3. The minimum Gasteiger partial charge on any atom is -0.492 e. The van der Waals surface area contributed by atoms with Crippen molar-refractivity contribution < 1.29 is 17.9 Å². The molecule has 0 saturated carbocycles. The Hall–Kier alpha value is -1.96. The Kier molecular flexibility index (Phi) is 8.82. The van der Waals surface area contributed by atoms with E-state index in [1.165, 1.54) is 11.6 Å². The van der Waals surface area contributed by atoms with Gasteiger partial charge in [0.25, 0.3) is 0 Å². The summed E-state index contributed by atoms with van der Waals surface area (Å²) in [6.45, 7) is 4.87. The van der Waals surface area contributed by atoms with Crippen LogP contribution in [-0.4, -0.2) is 40.3 Å². The van der Waals surface area contributed by atoms with E-state index in [-0.39, 0.29) is 23.9 Å². The molecule has 1 amide bonds. The standard InChI is InChI=1S/C21H26Cl2N2O4S/c1-15-6-8-18(13-16(15)2)29-12-10-24-21(26)5-4-11-25(30(3,27)28)20-14-17(22)7-9-19(20)23/h6-9,13-14H,4-5,10-12H2,1-3H3,(H,24,26). The molecule has 30 heavy (non-hydrogen) atoms. The van der Waals surface area contributed by atoms with E-state index in [0.717, 1.165) is 21.9 Å². The predicted octanol–water partition coefficient (Wildman–Crippen LogP) is 4.35. The second-order valence-electron chi connectivity index (χ2n) is 6.98. The fraction of sp³-hybridized carbons (Fsp3) is 0.381. The molecule has 0 aromatic heterocycles. The molecule has 0 aliphatic rings. The van der Waals surface area contributed by atoms with Gasteiger partial charge in [-0.2, -0.15) is 0 Å². The molecule has 164 valence electrons. The van der Waals surface area contributed by atoms with Gasteiger partial charge in [0.2, 0.25) is 15.9 Å². The van der Waals surface area contributed by atoms with Gasteiger partial charge < -0.3 is 10.1 Å². The lowest BCUT2D eigenvalue weighted by molar-refractivity contribution is -0.121. The number of rotatable bonds is 10. The third-order valence-corrected chi connectivity index (χ3v) is 6.25. The third kappa shape index (κ3) is 7.38. The smallest absolute Gasteiger partial charge is 0.232 e. The lowest BCUT2D eigenvalue weighted by atomic mass is 10.1. The zero-order valence-electron chi connectivity index (χ0n) is 17.2. The second-order valence-corrected chi connectivity index (χ2v) is 9.73. The zero-order valence-corrected chi connectivity index (χ0v) is 19.6. The Morgan fingerprint density at radius 3 is 2.50 bits per heavy atom. The number of hydrogen-bond acceptors (Lipinski definition) is 4. The molecule has 1 N–H and O–H groups in total. The number of benzene rings is 2. The Morgan fingerprint density at radius 2 is 1.83 bits per heavy atom. The Morgan fingerprint density at radius 1 is 1.10 bits per heavy atom. The summed E-state index contributed by atoms with van der Waals surface area (Å²) < 4.78 is 31.1. The number of aryl methyl sites for hydroxylation is 2. The number of carbonyl (C=O) groups excluding carboxylic acids is 1. The Bertz CT molecular complexity index is 996. The van der Waals surface area contributed by atoms with Gasteiger partial charge in [0.05, 0.1) is 23.5 Å². The Balaban J connectivity index is 1.80. The van der Waals surface area contributed by atoms with Crippen LogP contribution in [0.1, 0.15) is 24.0 Å². The monoisotopic (exact) mass is 472 g/mol. The van der Waals surface area contributed by atoms with E-state index < -0.39 is 10.0 Å². The van der Waals surface area contributed by atoms with Crippen LogP contribution in [0.3, 0.4) is 0 Å². The molecule has 2 rings (SSSR count). The topological polar surface area (TPSA) is 75.7 Å². The van der Waals surface area contributed by atoms with Gasteiger partial charge >= 0.3 is 0 Å². The van der Waals surface area contributed by atoms with Crippen LogP contribution in [0.25, 0.3) is 0 Å². The van der Waals surface area contributed by atoms with Crippen molar-refractivity contribution in [3.8, 4) is 5.75 Å². The Labute approximate surface area is 188 Å². The number of anilines is 1. The fourth-order valence-corrected chi connectivity index (χ4v) is 4.18. The number of halogens is 2. The summed E-state index contributed by atoms with van der Waals surface area (Å²) in [6, 6.07) is 10.5. The SMILES string of the molecule is Cc1ccc(OCCNC(=O)CCCN(c2cc(Cl)ccc2Cl)S(C)(=O)=O)cc1C. The van der Waals surface area contributed by atoms with Gasteiger partial charge in [-0.3, -0.25) is 9.10 Å². The summed E-state index contributed by atoms with van der Waals surface area (Å²) in [6.07, 6.45) is 1.60. The molecule has 0 bridgehead atoms. The molecule has 9 heteroatoms. The van der Waals surface area contributed by atoms with Gasteiger partial charge in [0.15, 0.2) is 0 Å². The molecule has 2 aromatic carbocycles. The number of nitrogens with zero attached hydrogens (tertiary/aromatic N) is 1. The van der Waals surface area contributed by atoms with E-state index in [0.29, 0.717) is 30.3 Å². The largest absolute Gasteiger partial charge is 0.492 e. The highest BCUT2D eigenvalue weighted by Crippen LogP contribution is 2.30. The van der Waals surface area contributed by atoms with Crippen LogP contribution >= 0.6 is 23.2 Å². The molecule has 6 nitrogen and oxygen atoms in total. The number of sulfonamides is 1.